The lowest BCUT2D eigenvalue weighted by molar-refractivity contribution is 0.0600. The van der Waals surface area contributed by atoms with E-state index >= 15 is 0 Å². The zero-order chi connectivity index (χ0) is 16.3. The van der Waals surface area contributed by atoms with E-state index in [0.717, 1.165) is 11.6 Å². The zero-order valence-electron chi connectivity index (χ0n) is 11.9. The van der Waals surface area contributed by atoms with Gasteiger partial charge in [-0.1, -0.05) is 17.7 Å². The van der Waals surface area contributed by atoms with Gasteiger partial charge in [-0.25, -0.2) is 4.79 Å². The van der Waals surface area contributed by atoms with E-state index in [1.807, 2.05) is 6.92 Å². The molecular weight excluding hydrogens is 308 g/mol. The maximum atomic E-state index is 12.1. The molecule has 6 nitrogen and oxygen atoms in total. The number of ether oxygens (including phenoxy) is 1. The van der Waals surface area contributed by atoms with E-state index in [1.165, 1.54) is 31.4 Å². The van der Waals surface area contributed by atoms with Crippen LogP contribution in [0.5, 0.6) is 11.5 Å². The van der Waals surface area contributed by atoms with Gasteiger partial charge < -0.3 is 14.0 Å². The molecule has 2 rings (SSSR count). The van der Waals surface area contributed by atoms with Crippen molar-refractivity contribution in [2.45, 2.75) is 11.8 Å². The number of phenols is 1. The van der Waals surface area contributed by atoms with Crippen LogP contribution < -0.4 is 4.18 Å². The predicted octanol–water partition coefficient (Wildman–Crippen LogP) is 2.25. The van der Waals surface area contributed by atoms with Gasteiger partial charge in [0.15, 0.2) is 11.5 Å². The molecule has 0 radical (unpaired) electrons. The van der Waals surface area contributed by atoms with Gasteiger partial charge in [0, 0.05) is 0 Å². The van der Waals surface area contributed by atoms with E-state index in [2.05, 4.69) is 4.74 Å². The third-order valence-electron chi connectivity index (χ3n) is 2.89. The van der Waals surface area contributed by atoms with Crippen LogP contribution >= 0.6 is 0 Å². The summed E-state index contributed by atoms with van der Waals surface area (Å²) in [6.45, 7) is 1.83. The van der Waals surface area contributed by atoms with Gasteiger partial charge in [-0.15, -0.1) is 0 Å². The van der Waals surface area contributed by atoms with E-state index in [1.54, 1.807) is 12.1 Å². The van der Waals surface area contributed by atoms with Gasteiger partial charge >= 0.3 is 16.1 Å². The molecule has 0 heterocycles. The first kappa shape index (κ1) is 15.8. The molecular formula is C15H14O6S. The van der Waals surface area contributed by atoms with Gasteiger partial charge in [0.2, 0.25) is 0 Å². The normalized spacial score (nSPS) is 11.0. The number of esters is 1. The molecule has 0 aliphatic rings. The fourth-order valence-corrected chi connectivity index (χ4v) is 2.65. The van der Waals surface area contributed by atoms with Gasteiger partial charge in [0.25, 0.3) is 0 Å². The minimum absolute atomic E-state index is 0.0328. The van der Waals surface area contributed by atoms with Gasteiger partial charge in [0.05, 0.1) is 12.7 Å². The van der Waals surface area contributed by atoms with Crippen LogP contribution in [-0.4, -0.2) is 26.6 Å². The fraction of sp³-hybridized carbons (Fsp3) is 0.133. The third-order valence-corrected chi connectivity index (χ3v) is 4.14. The minimum atomic E-state index is -4.07. The summed E-state index contributed by atoms with van der Waals surface area (Å²) in [4.78, 5) is 11.3. The Balaban J connectivity index is 2.30. The Kier molecular flexibility index (Phi) is 4.37. The first-order chi connectivity index (χ1) is 10.3. The summed E-state index contributed by atoms with van der Waals surface area (Å²) >= 11 is 0. The quantitative estimate of drug-likeness (QED) is 0.686. The molecule has 116 valence electrons. The molecule has 0 aromatic heterocycles. The number of rotatable bonds is 4. The molecule has 2 aromatic carbocycles. The van der Waals surface area contributed by atoms with Gasteiger partial charge in [-0.2, -0.15) is 8.42 Å². The number of benzene rings is 2. The summed E-state index contributed by atoms with van der Waals surface area (Å²) in [5.41, 5.74) is 0.990. The largest absolute Gasteiger partial charge is 0.504 e. The van der Waals surface area contributed by atoms with Crippen molar-refractivity contribution in [3.05, 3.63) is 53.6 Å². The van der Waals surface area contributed by atoms with Crippen LogP contribution in [0.1, 0.15) is 15.9 Å². The highest BCUT2D eigenvalue weighted by Crippen LogP contribution is 2.30. The van der Waals surface area contributed by atoms with Crippen molar-refractivity contribution < 1.29 is 27.2 Å². The monoisotopic (exact) mass is 322 g/mol. The molecule has 1 N–H and O–H groups in total. The highest BCUT2D eigenvalue weighted by Gasteiger charge is 2.19. The summed E-state index contributed by atoms with van der Waals surface area (Å²) in [5, 5.41) is 9.79. The Hall–Kier alpha value is -2.54. The summed E-state index contributed by atoms with van der Waals surface area (Å²) in [5.74, 6) is -1.39. The van der Waals surface area contributed by atoms with Crippen LogP contribution in [0.25, 0.3) is 0 Å². The van der Waals surface area contributed by atoms with Gasteiger partial charge in [0.1, 0.15) is 4.90 Å². The first-order valence-corrected chi connectivity index (χ1v) is 7.67. The Labute approximate surface area is 128 Å². The Morgan fingerprint density at radius 2 is 1.73 bits per heavy atom. The van der Waals surface area contributed by atoms with Gasteiger partial charge in [-0.3, -0.25) is 0 Å². The van der Waals surface area contributed by atoms with Gasteiger partial charge in [-0.05, 0) is 37.3 Å². The predicted molar refractivity (Wildman–Crippen MR) is 78.4 cm³/mol. The van der Waals surface area contributed by atoms with Crippen LogP contribution in [0, 0.1) is 6.92 Å². The van der Waals surface area contributed by atoms with Crippen LogP contribution in [0.15, 0.2) is 47.4 Å². The molecule has 0 aliphatic carbocycles. The number of aryl methyl sites for hydroxylation is 1. The Bertz CT molecular complexity index is 793. The van der Waals surface area contributed by atoms with E-state index in [4.69, 9.17) is 4.18 Å². The minimum Gasteiger partial charge on any atom is -0.504 e. The second-order valence-electron chi connectivity index (χ2n) is 4.52. The fourth-order valence-electron chi connectivity index (χ4n) is 1.70. The van der Waals surface area contributed by atoms with E-state index < -0.39 is 21.8 Å². The van der Waals surface area contributed by atoms with Crippen molar-refractivity contribution >= 4 is 16.1 Å². The molecule has 0 amide bonds. The van der Waals surface area contributed by atoms with Crippen LogP contribution in [0.3, 0.4) is 0 Å². The van der Waals surface area contributed by atoms with Crippen molar-refractivity contribution in [1.29, 1.82) is 0 Å². The maximum Gasteiger partial charge on any atom is 0.339 e. The standard InChI is InChI=1S/C15H14O6S/c1-10-3-6-12(7-4-10)22(18,19)21-14-8-5-11(9-13(14)16)15(17)20-2/h3-9,16H,1-2H3. The summed E-state index contributed by atoms with van der Waals surface area (Å²) < 4.78 is 33.6. The zero-order valence-corrected chi connectivity index (χ0v) is 12.8. The Morgan fingerprint density at radius 1 is 1.09 bits per heavy atom. The van der Waals surface area contributed by atoms with Crippen molar-refractivity contribution in [2.24, 2.45) is 0 Å². The molecule has 0 spiro atoms. The lowest BCUT2D eigenvalue weighted by Gasteiger charge is -2.09. The van der Waals surface area contributed by atoms with Crippen LogP contribution in [0.2, 0.25) is 0 Å². The molecule has 0 unspecified atom stereocenters. The van der Waals surface area contributed by atoms with Crippen molar-refractivity contribution in [3.8, 4) is 11.5 Å². The number of carbonyl (C=O) groups excluding carboxylic acids is 1. The molecule has 0 atom stereocenters. The van der Waals surface area contributed by atoms with Crippen molar-refractivity contribution in [3.63, 3.8) is 0 Å². The number of methoxy groups -OCH3 is 1. The molecule has 22 heavy (non-hydrogen) atoms. The third kappa shape index (κ3) is 3.37. The average Bonchev–Trinajstić information content (AvgIpc) is 2.48. The van der Waals surface area contributed by atoms with E-state index in [0.29, 0.717) is 0 Å². The first-order valence-electron chi connectivity index (χ1n) is 6.26. The van der Waals surface area contributed by atoms with Crippen LogP contribution in [0.4, 0.5) is 0 Å². The molecule has 0 aliphatic heterocycles. The molecule has 7 heteroatoms. The molecule has 2 aromatic rings. The number of phenolic OH excluding ortho intramolecular Hbond substituents is 1. The topological polar surface area (TPSA) is 89.9 Å². The van der Waals surface area contributed by atoms with Crippen molar-refractivity contribution in [2.75, 3.05) is 7.11 Å². The van der Waals surface area contributed by atoms with Crippen molar-refractivity contribution in [1.82, 2.24) is 0 Å². The van der Waals surface area contributed by atoms with E-state index in [9.17, 15) is 18.3 Å². The van der Waals surface area contributed by atoms with Crippen LogP contribution in [-0.2, 0) is 14.9 Å². The number of hydrogen-bond donors (Lipinski definition) is 1. The smallest absolute Gasteiger partial charge is 0.339 e. The number of hydrogen-bond acceptors (Lipinski definition) is 6. The average molecular weight is 322 g/mol. The van der Waals surface area contributed by atoms with E-state index in [-0.39, 0.29) is 16.2 Å². The lowest BCUT2D eigenvalue weighted by Crippen LogP contribution is -2.10. The summed E-state index contributed by atoms with van der Waals surface area (Å²) in [6.07, 6.45) is 0. The highest BCUT2D eigenvalue weighted by atomic mass is 32.2. The maximum absolute atomic E-state index is 12.1. The number of carbonyl (C=O) groups is 1. The molecule has 0 bridgehead atoms. The Morgan fingerprint density at radius 3 is 2.27 bits per heavy atom. The number of aromatic hydroxyl groups is 1. The molecule has 0 fully saturated rings. The second-order valence-corrected chi connectivity index (χ2v) is 6.07. The highest BCUT2D eigenvalue weighted by molar-refractivity contribution is 7.87. The molecule has 0 saturated heterocycles. The molecule has 0 saturated carbocycles. The SMILES string of the molecule is COC(=O)c1ccc(OS(=O)(=O)c2ccc(C)cc2)c(O)c1. The lowest BCUT2D eigenvalue weighted by atomic mass is 10.2. The second kappa shape index (κ2) is 6.07. The summed E-state index contributed by atoms with van der Waals surface area (Å²) in [7, 11) is -2.87. The summed E-state index contributed by atoms with van der Waals surface area (Å²) in [6, 6.07) is 9.65.